The highest BCUT2D eigenvalue weighted by Crippen LogP contribution is 2.28. The molecule has 178 valence electrons. The zero-order valence-electron chi connectivity index (χ0n) is 18.6. The number of likely N-dealkylation sites (tertiary alicyclic amines) is 1. The van der Waals surface area contributed by atoms with E-state index >= 15 is 0 Å². The topological polar surface area (TPSA) is 109 Å². The number of rotatable bonds is 5. The summed E-state index contributed by atoms with van der Waals surface area (Å²) in [6.45, 7) is 2.00. The van der Waals surface area contributed by atoms with Crippen LogP contribution in [-0.4, -0.2) is 46.4 Å². The van der Waals surface area contributed by atoms with E-state index in [-0.39, 0.29) is 29.0 Å². The Kier molecular flexibility index (Phi) is 6.85. The highest BCUT2D eigenvalue weighted by atomic mass is 35.5. The van der Waals surface area contributed by atoms with E-state index in [4.69, 9.17) is 17.3 Å². The summed E-state index contributed by atoms with van der Waals surface area (Å²) < 4.78 is 15.6. The number of urea groups is 1. The van der Waals surface area contributed by atoms with Crippen molar-refractivity contribution in [1.82, 2.24) is 14.8 Å². The highest BCUT2D eigenvalue weighted by molar-refractivity contribution is 6.30. The molecule has 8 nitrogen and oxygen atoms in total. The number of nitrogens with zero attached hydrogens (tertiary/aromatic N) is 2. The van der Waals surface area contributed by atoms with Crippen molar-refractivity contribution in [3.8, 4) is 0 Å². The van der Waals surface area contributed by atoms with Gasteiger partial charge in [0.05, 0.1) is 16.2 Å². The maximum absolute atomic E-state index is 14.2. The van der Waals surface area contributed by atoms with Crippen molar-refractivity contribution < 1.29 is 18.8 Å². The lowest BCUT2D eigenvalue weighted by Gasteiger charge is -2.24. The smallest absolute Gasteiger partial charge is 0.322 e. The molecule has 0 unspecified atom stereocenters. The first-order valence-corrected chi connectivity index (χ1v) is 11.3. The van der Waals surface area contributed by atoms with Gasteiger partial charge in [0.25, 0.3) is 0 Å². The first-order valence-electron chi connectivity index (χ1n) is 10.9. The van der Waals surface area contributed by atoms with Crippen molar-refractivity contribution in [1.29, 1.82) is 0 Å². The summed E-state index contributed by atoms with van der Waals surface area (Å²) in [6, 6.07) is 10.5. The van der Waals surface area contributed by atoms with E-state index < -0.39 is 23.8 Å². The molecule has 0 aliphatic carbocycles. The van der Waals surface area contributed by atoms with Gasteiger partial charge in [-0.15, -0.1) is 0 Å². The average molecular weight is 486 g/mol. The molecule has 0 radical (unpaired) electrons. The van der Waals surface area contributed by atoms with Crippen molar-refractivity contribution >= 4 is 46.0 Å². The summed E-state index contributed by atoms with van der Waals surface area (Å²) in [5.41, 5.74) is 7.22. The molecular formula is C24H25ClFN5O3. The standard InChI is InChI=1S/C24H25ClFN5O3/c1-14(32)30-13-19(17-6-2-3-8-20(17)30)29-24(34)31-12-15(10-27)9-21(31)23(33)28-11-16-5-4-7-18(25)22(16)26/h2-8,13,15,21H,9-12,27H2,1H3,(H,28,33)(H,29,34)/t15-,21+/m1/s1. The molecule has 3 aromatic rings. The maximum Gasteiger partial charge on any atom is 0.322 e. The third kappa shape index (κ3) is 4.62. The predicted octanol–water partition coefficient (Wildman–Crippen LogP) is 3.59. The molecule has 1 fully saturated rings. The number of anilines is 1. The lowest BCUT2D eigenvalue weighted by atomic mass is 10.1. The molecule has 0 bridgehead atoms. The Balaban J connectivity index is 1.52. The summed E-state index contributed by atoms with van der Waals surface area (Å²) in [5, 5.41) is 6.22. The van der Waals surface area contributed by atoms with Crippen LogP contribution in [0.5, 0.6) is 0 Å². The number of hydrogen-bond acceptors (Lipinski definition) is 4. The van der Waals surface area contributed by atoms with E-state index in [1.54, 1.807) is 24.4 Å². The number of carbonyl (C=O) groups is 3. The normalized spacial score (nSPS) is 17.7. The predicted molar refractivity (Wildman–Crippen MR) is 128 cm³/mol. The van der Waals surface area contributed by atoms with Crippen LogP contribution in [0.15, 0.2) is 48.7 Å². The fraction of sp³-hybridized carbons (Fsp3) is 0.292. The van der Waals surface area contributed by atoms with Gasteiger partial charge in [0, 0.05) is 37.2 Å². The fourth-order valence-corrected chi connectivity index (χ4v) is 4.47. The van der Waals surface area contributed by atoms with Crippen molar-refractivity contribution in [2.75, 3.05) is 18.4 Å². The number of amides is 3. The number of nitrogens with one attached hydrogen (secondary N) is 2. The second-order valence-electron chi connectivity index (χ2n) is 8.32. The Bertz CT molecular complexity index is 1260. The molecule has 2 heterocycles. The van der Waals surface area contributed by atoms with Gasteiger partial charge in [-0.05, 0) is 31.0 Å². The summed E-state index contributed by atoms with van der Waals surface area (Å²) >= 11 is 5.81. The SMILES string of the molecule is CC(=O)n1cc(NC(=O)N2C[C@@H](CN)C[C@H]2C(=O)NCc2cccc(Cl)c2F)c2ccccc21. The van der Waals surface area contributed by atoms with Crippen molar-refractivity contribution in [2.45, 2.75) is 25.9 Å². The van der Waals surface area contributed by atoms with Crippen molar-refractivity contribution in [3.63, 3.8) is 0 Å². The Hall–Kier alpha value is -3.43. The summed E-state index contributed by atoms with van der Waals surface area (Å²) in [4.78, 5) is 39.6. The number of halogens is 2. The minimum absolute atomic E-state index is 0.0264. The average Bonchev–Trinajstić information content (AvgIpc) is 3.42. The van der Waals surface area contributed by atoms with Gasteiger partial charge in [0.2, 0.25) is 11.8 Å². The molecule has 0 spiro atoms. The van der Waals surface area contributed by atoms with Crippen LogP contribution in [0, 0.1) is 11.7 Å². The lowest BCUT2D eigenvalue weighted by molar-refractivity contribution is -0.124. The van der Waals surface area contributed by atoms with E-state index in [9.17, 15) is 18.8 Å². The lowest BCUT2D eigenvalue weighted by Crippen LogP contribution is -2.47. The van der Waals surface area contributed by atoms with Crippen LogP contribution in [0.4, 0.5) is 14.9 Å². The Morgan fingerprint density at radius 1 is 1.18 bits per heavy atom. The van der Waals surface area contributed by atoms with Crippen molar-refractivity contribution in [3.05, 3.63) is 65.1 Å². The third-order valence-corrected chi connectivity index (χ3v) is 6.35. The van der Waals surface area contributed by atoms with E-state index in [2.05, 4.69) is 10.6 Å². The van der Waals surface area contributed by atoms with Crippen LogP contribution in [0.1, 0.15) is 23.7 Å². The van der Waals surface area contributed by atoms with Crippen molar-refractivity contribution in [2.24, 2.45) is 11.7 Å². The summed E-state index contributed by atoms with van der Waals surface area (Å²) in [5.74, 6) is -1.24. The molecule has 34 heavy (non-hydrogen) atoms. The van der Waals surface area contributed by atoms with Gasteiger partial charge < -0.3 is 21.3 Å². The molecular weight excluding hydrogens is 461 g/mol. The highest BCUT2D eigenvalue weighted by Gasteiger charge is 2.39. The fourth-order valence-electron chi connectivity index (χ4n) is 4.28. The van der Waals surface area contributed by atoms with Gasteiger partial charge >= 0.3 is 6.03 Å². The number of carbonyl (C=O) groups excluding carboxylic acids is 3. The first kappa shape index (κ1) is 23.7. The molecule has 10 heteroatoms. The van der Waals surface area contributed by atoms with Crippen LogP contribution in [0.2, 0.25) is 5.02 Å². The maximum atomic E-state index is 14.2. The number of nitrogens with two attached hydrogens (primary N) is 1. The van der Waals surface area contributed by atoms with Crippen LogP contribution in [0.3, 0.4) is 0 Å². The van der Waals surface area contributed by atoms with Crippen LogP contribution < -0.4 is 16.4 Å². The van der Waals surface area contributed by atoms with Crippen LogP contribution >= 0.6 is 11.6 Å². The Morgan fingerprint density at radius 3 is 2.68 bits per heavy atom. The Morgan fingerprint density at radius 2 is 1.94 bits per heavy atom. The molecule has 4 N–H and O–H groups in total. The molecule has 1 aliphatic heterocycles. The molecule has 1 aromatic heterocycles. The van der Waals surface area contributed by atoms with E-state index in [0.717, 1.165) is 0 Å². The first-order chi connectivity index (χ1) is 16.3. The zero-order valence-corrected chi connectivity index (χ0v) is 19.3. The van der Waals surface area contributed by atoms with Crippen LogP contribution in [-0.2, 0) is 11.3 Å². The Labute approximate surface area is 200 Å². The number of para-hydroxylation sites is 1. The number of benzene rings is 2. The zero-order chi connectivity index (χ0) is 24.4. The molecule has 4 rings (SSSR count). The van der Waals surface area contributed by atoms with E-state index in [1.165, 1.54) is 28.5 Å². The van der Waals surface area contributed by atoms with Gasteiger partial charge in [0.1, 0.15) is 11.9 Å². The number of aromatic nitrogens is 1. The van der Waals surface area contributed by atoms with Crippen LogP contribution in [0.25, 0.3) is 10.9 Å². The molecule has 1 aliphatic rings. The number of fused-ring (bicyclic) bond motifs is 1. The summed E-state index contributed by atoms with van der Waals surface area (Å²) in [6.07, 6.45) is 1.96. The minimum Gasteiger partial charge on any atom is -0.350 e. The number of hydrogen-bond donors (Lipinski definition) is 3. The molecule has 3 amide bonds. The van der Waals surface area contributed by atoms with E-state index in [0.29, 0.717) is 36.1 Å². The van der Waals surface area contributed by atoms with Gasteiger partial charge in [-0.2, -0.15) is 0 Å². The quantitative estimate of drug-likeness (QED) is 0.513. The van der Waals surface area contributed by atoms with Gasteiger partial charge in [-0.1, -0.05) is 41.9 Å². The van der Waals surface area contributed by atoms with Gasteiger partial charge in [-0.25, -0.2) is 9.18 Å². The molecule has 2 atom stereocenters. The molecule has 1 saturated heterocycles. The molecule has 0 saturated carbocycles. The summed E-state index contributed by atoms with van der Waals surface area (Å²) in [7, 11) is 0. The second kappa shape index (κ2) is 9.82. The molecule has 2 aromatic carbocycles. The van der Waals surface area contributed by atoms with E-state index in [1.807, 2.05) is 12.1 Å². The third-order valence-electron chi connectivity index (χ3n) is 6.06. The van der Waals surface area contributed by atoms with Gasteiger partial charge in [-0.3, -0.25) is 14.2 Å². The minimum atomic E-state index is -0.767. The monoisotopic (exact) mass is 485 g/mol. The van der Waals surface area contributed by atoms with Gasteiger partial charge in [0.15, 0.2) is 0 Å². The second-order valence-corrected chi connectivity index (χ2v) is 8.72. The largest absolute Gasteiger partial charge is 0.350 e.